The van der Waals surface area contributed by atoms with E-state index in [4.69, 9.17) is 5.73 Å². The lowest BCUT2D eigenvalue weighted by atomic mass is 10.00. The summed E-state index contributed by atoms with van der Waals surface area (Å²) >= 11 is 0. The highest BCUT2D eigenvalue weighted by molar-refractivity contribution is 5.96. The molecule has 1 heterocycles. The van der Waals surface area contributed by atoms with Crippen LogP contribution >= 0.6 is 12.4 Å². The van der Waals surface area contributed by atoms with Crippen LogP contribution in [0.5, 0.6) is 0 Å². The van der Waals surface area contributed by atoms with Crippen molar-refractivity contribution in [2.75, 3.05) is 35.7 Å². The molecule has 122 valence electrons. The average molecular weight is 332 g/mol. The van der Waals surface area contributed by atoms with Crippen LogP contribution in [0.15, 0.2) is 48.5 Å². The number of nitrogens with zero attached hydrogens (tertiary/aromatic N) is 2. The molecule has 1 aliphatic rings. The van der Waals surface area contributed by atoms with Crippen molar-refractivity contribution in [2.45, 2.75) is 12.8 Å². The van der Waals surface area contributed by atoms with Gasteiger partial charge in [0.05, 0.1) is 6.54 Å². The molecule has 0 unspecified atom stereocenters. The Morgan fingerprint density at radius 2 is 1.91 bits per heavy atom. The number of anilines is 3. The molecule has 1 aliphatic heterocycles. The van der Waals surface area contributed by atoms with Gasteiger partial charge in [0, 0.05) is 30.7 Å². The summed E-state index contributed by atoms with van der Waals surface area (Å²) in [6.07, 6.45) is 2.02. The fourth-order valence-electron chi connectivity index (χ4n) is 2.96. The van der Waals surface area contributed by atoms with E-state index in [-0.39, 0.29) is 18.3 Å². The maximum atomic E-state index is 12.6. The summed E-state index contributed by atoms with van der Waals surface area (Å²) in [6.45, 7) is 1.27. The van der Waals surface area contributed by atoms with Gasteiger partial charge in [0.2, 0.25) is 5.91 Å². The summed E-state index contributed by atoms with van der Waals surface area (Å²) in [5, 5.41) is 0. The highest BCUT2D eigenvalue weighted by atomic mass is 35.5. The van der Waals surface area contributed by atoms with E-state index in [2.05, 4.69) is 11.0 Å². The zero-order valence-electron chi connectivity index (χ0n) is 13.2. The Kier molecular flexibility index (Phi) is 5.50. The van der Waals surface area contributed by atoms with Gasteiger partial charge in [-0.15, -0.1) is 12.4 Å². The van der Waals surface area contributed by atoms with Crippen molar-refractivity contribution in [1.82, 2.24) is 0 Å². The highest BCUT2D eigenvalue weighted by Gasteiger charge is 2.22. The minimum atomic E-state index is 0. The number of hydrogen-bond acceptors (Lipinski definition) is 3. The zero-order valence-corrected chi connectivity index (χ0v) is 14.1. The van der Waals surface area contributed by atoms with E-state index in [1.54, 1.807) is 4.90 Å². The fourth-order valence-corrected chi connectivity index (χ4v) is 2.96. The SMILES string of the molecule is CN(C(=O)CN1CCCc2c(N)cccc21)c1ccccc1.Cl. The fraction of sp³-hybridized carbons (Fsp3) is 0.278. The minimum Gasteiger partial charge on any atom is -0.398 e. The maximum Gasteiger partial charge on any atom is 0.246 e. The summed E-state index contributed by atoms with van der Waals surface area (Å²) in [5.41, 5.74) is 10.1. The zero-order chi connectivity index (χ0) is 15.5. The number of likely N-dealkylation sites (N-methyl/N-ethyl adjacent to an activating group) is 1. The van der Waals surface area contributed by atoms with Crippen LogP contribution in [-0.2, 0) is 11.2 Å². The van der Waals surface area contributed by atoms with E-state index in [0.29, 0.717) is 6.54 Å². The first kappa shape index (κ1) is 17.2. The Balaban J connectivity index is 0.00000192. The Bertz CT molecular complexity index is 675. The molecule has 2 N–H and O–H groups in total. The first-order valence-electron chi connectivity index (χ1n) is 7.61. The molecule has 1 amide bonds. The molecule has 4 nitrogen and oxygen atoms in total. The van der Waals surface area contributed by atoms with Crippen LogP contribution in [0.3, 0.4) is 0 Å². The molecular weight excluding hydrogens is 310 g/mol. The van der Waals surface area contributed by atoms with E-state index in [1.165, 1.54) is 5.56 Å². The predicted octanol–water partition coefficient (Wildman–Crippen LogP) is 3.11. The Hall–Kier alpha value is -2.20. The second kappa shape index (κ2) is 7.38. The molecule has 0 saturated carbocycles. The minimum absolute atomic E-state index is 0. The molecule has 0 aliphatic carbocycles. The molecule has 0 atom stereocenters. The molecule has 23 heavy (non-hydrogen) atoms. The van der Waals surface area contributed by atoms with Crippen molar-refractivity contribution in [2.24, 2.45) is 0 Å². The quantitative estimate of drug-likeness (QED) is 0.879. The second-order valence-corrected chi connectivity index (χ2v) is 5.66. The topological polar surface area (TPSA) is 49.6 Å². The number of benzene rings is 2. The average Bonchev–Trinajstić information content (AvgIpc) is 2.56. The van der Waals surface area contributed by atoms with Crippen LogP contribution < -0.4 is 15.5 Å². The van der Waals surface area contributed by atoms with Crippen molar-refractivity contribution >= 4 is 35.4 Å². The summed E-state index contributed by atoms with van der Waals surface area (Å²) in [6, 6.07) is 15.7. The van der Waals surface area contributed by atoms with Crippen molar-refractivity contribution in [3.63, 3.8) is 0 Å². The number of fused-ring (bicyclic) bond motifs is 1. The number of amides is 1. The molecule has 2 aromatic carbocycles. The van der Waals surface area contributed by atoms with Crippen molar-refractivity contribution in [1.29, 1.82) is 0 Å². The van der Waals surface area contributed by atoms with Gasteiger partial charge in [-0.2, -0.15) is 0 Å². The summed E-state index contributed by atoms with van der Waals surface area (Å²) < 4.78 is 0. The third-order valence-electron chi connectivity index (χ3n) is 4.23. The van der Waals surface area contributed by atoms with E-state index in [9.17, 15) is 4.79 Å². The van der Waals surface area contributed by atoms with Crippen molar-refractivity contribution in [3.05, 3.63) is 54.1 Å². The smallest absolute Gasteiger partial charge is 0.246 e. The number of nitrogen functional groups attached to an aromatic ring is 1. The van der Waals surface area contributed by atoms with E-state index in [0.717, 1.165) is 36.4 Å². The summed E-state index contributed by atoms with van der Waals surface area (Å²) in [4.78, 5) is 16.4. The highest BCUT2D eigenvalue weighted by Crippen LogP contribution is 2.31. The molecule has 2 aromatic rings. The number of para-hydroxylation sites is 1. The third kappa shape index (κ3) is 3.59. The van der Waals surface area contributed by atoms with Crippen molar-refractivity contribution in [3.8, 4) is 0 Å². The van der Waals surface area contributed by atoms with Gasteiger partial charge in [0.1, 0.15) is 0 Å². The van der Waals surface area contributed by atoms with Gasteiger partial charge in [-0.05, 0) is 42.7 Å². The van der Waals surface area contributed by atoms with Gasteiger partial charge in [0.15, 0.2) is 0 Å². The first-order chi connectivity index (χ1) is 10.7. The number of rotatable bonds is 3. The number of carbonyl (C=O) groups excluding carboxylic acids is 1. The summed E-state index contributed by atoms with van der Waals surface area (Å²) in [5.74, 6) is 0.0847. The Labute approximate surface area is 143 Å². The molecule has 0 bridgehead atoms. The number of nitrogens with two attached hydrogens (primary N) is 1. The van der Waals surface area contributed by atoms with Gasteiger partial charge >= 0.3 is 0 Å². The van der Waals surface area contributed by atoms with E-state index in [1.807, 2.05) is 49.5 Å². The normalized spacial score (nSPS) is 13.0. The Morgan fingerprint density at radius 3 is 2.65 bits per heavy atom. The molecule has 0 fully saturated rings. The van der Waals surface area contributed by atoms with Crippen molar-refractivity contribution < 1.29 is 4.79 Å². The van der Waals surface area contributed by atoms with Crippen LogP contribution in [-0.4, -0.2) is 26.0 Å². The standard InChI is InChI=1S/C18H21N3O.ClH/c1-20(14-7-3-2-4-8-14)18(22)13-21-12-6-9-15-16(19)10-5-11-17(15)21;/h2-5,7-8,10-11H,6,9,12-13,19H2,1H3;1H. The van der Waals surface area contributed by atoms with E-state index >= 15 is 0 Å². The monoisotopic (exact) mass is 331 g/mol. The van der Waals surface area contributed by atoms with Gasteiger partial charge in [-0.25, -0.2) is 0 Å². The predicted molar refractivity (Wildman–Crippen MR) is 98.5 cm³/mol. The summed E-state index contributed by atoms with van der Waals surface area (Å²) in [7, 11) is 1.82. The number of hydrogen-bond donors (Lipinski definition) is 1. The largest absolute Gasteiger partial charge is 0.398 e. The van der Waals surface area contributed by atoms with Crippen LogP contribution in [0.1, 0.15) is 12.0 Å². The van der Waals surface area contributed by atoms with Crippen LogP contribution in [0.25, 0.3) is 0 Å². The molecule has 0 saturated heterocycles. The lowest BCUT2D eigenvalue weighted by molar-refractivity contribution is -0.117. The second-order valence-electron chi connectivity index (χ2n) is 5.66. The molecule has 0 spiro atoms. The van der Waals surface area contributed by atoms with Crippen LogP contribution in [0.4, 0.5) is 17.1 Å². The molecule has 5 heteroatoms. The van der Waals surface area contributed by atoms with Crippen LogP contribution in [0.2, 0.25) is 0 Å². The van der Waals surface area contributed by atoms with Gasteiger partial charge in [0.25, 0.3) is 0 Å². The van der Waals surface area contributed by atoms with E-state index < -0.39 is 0 Å². The Morgan fingerprint density at radius 1 is 1.17 bits per heavy atom. The lowest BCUT2D eigenvalue weighted by Gasteiger charge is -2.32. The maximum absolute atomic E-state index is 12.6. The third-order valence-corrected chi connectivity index (χ3v) is 4.23. The number of halogens is 1. The molecule has 0 aromatic heterocycles. The molecule has 3 rings (SSSR count). The molecule has 0 radical (unpaired) electrons. The lowest BCUT2D eigenvalue weighted by Crippen LogP contribution is -2.40. The van der Waals surface area contributed by atoms with Gasteiger partial charge in [-0.3, -0.25) is 4.79 Å². The van der Waals surface area contributed by atoms with Gasteiger partial charge in [-0.1, -0.05) is 24.3 Å². The number of carbonyl (C=O) groups is 1. The van der Waals surface area contributed by atoms with Gasteiger partial charge < -0.3 is 15.5 Å². The first-order valence-corrected chi connectivity index (χ1v) is 7.61. The van der Waals surface area contributed by atoms with Crippen LogP contribution in [0, 0.1) is 0 Å². The molecular formula is C18H22ClN3O.